The van der Waals surface area contributed by atoms with Crippen molar-refractivity contribution in [3.05, 3.63) is 23.9 Å². The number of hydrogen-bond acceptors (Lipinski definition) is 3. The summed E-state index contributed by atoms with van der Waals surface area (Å²) in [5.74, 6) is -0.573. The summed E-state index contributed by atoms with van der Waals surface area (Å²) < 4.78 is 60.9. The minimum absolute atomic E-state index is 0.109. The van der Waals surface area contributed by atoms with Gasteiger partial charge in [-0.25, -0.2) is 13.4 Å². The highest BCUT2D eigenvalue weighted by Gasteiger charge is 2.32. The van der Waals surface area contributed by atoms with Gasteiger partial charge in [0.25, 0.3) is 0 Å². The van der Waals surface area contributed by atoms with E-state index in [9.17, 15) is 21.6 Å². The Morgan fingerprint density at radius 2 is 2.06 bits per heavy atom. The van der Waals surface area contributed by atoms with E-state index >= 15 is 0 Å². The molecular formula is C10H11ClF3NO2S. The second kappa shape index (κ2) is 5.44. The first-order valence-corrected chi connectivity index (χ1v) is 7.17. The van der Waals surface area contributed by atoms with Crippen LogP contribution in [0.2, 0.25) is 0 Å². The van der Waals surface area contributed by atoms with E-state index < -0.39 is 26.6 Å². The molecule has 0 N–H and O–H groups in total. The van der Waals surface area contributed by atoms with Gasteiger partial charge in [0, 0.05) is 12.1 Å². The van der Waals surface area contributed by atoms with Gasteiger partial charge in [0.05, 0.1) is 11.3 Å². The minimum atomic E-state index is -4.59. The number of pyridine rings is 1. The molecule has 0 saturated heterocycles. The molecule has 0 amide bonds. The molecule has 0 aliphatic carbocycles. The van der Waals surface area contributed by atoms with E-state index in [0.29, 0.717) is 6.07 Å². The fourth-order valence-corrected chi connectivity index (χ4v) is 3.06. The van der Waals surface area contributed by atoms with Crippen LogP contribution in [0.15, 0.2) is 23.4 Å². The van der Waals surface area contributed by atoms with Crippen molar-refractivity contribution in [1.29, 1.82) is 0 Å². The third-order valence-corrected chi connectivity index (χ3v) is 4.54. The Hall–Kier alpha value is -0.820. The zero-order valence-electron chi connectivity index (χ0n) is 9.41. The van der Waals surface area contributed by atoms with Crippen LogP contribution in [-0.2, 0) is 16.0 Å². The molecule has 0 bridgehead atoms. The predicted molar refractivity (Wildman–Crippen MR) is 61.2 cm³/mol. The maximum absolute atomic E-state index is 12.4. The quantitative estimate of drug-likeness (QED) is 0.803. The number of alkyl halides is 4. The van der Waals surface area contributed by atoms with Crippen molar-refractivity contribution >= 4 is 21.4 Å². The highest BCUT2D eigenvalue weighted by molar-refractivity contribution is 7.91. The topological polar surface area (TPSA) is 47.0 Å². The lowest BCUT2D eigenvalue weighted by Gasteiger charge is -2.10. The standard InChI is InChI=1S/C10H11ClF3NO2S/c1-7(5-11)6-18(16,17)9-4-8(2-3-15-9)10(12,13)14/h2-4,7H,5-6H2,1H3. The highest BCUT2D eigenvalue weighted by Crippen LogP contribution is 2.30. The zero-order chi connectivity index (χ0) is 14.0. The average molecular weight is 302 g/mol. The summed E-state index contributed by atoms with van der Waals surface area (Å²) >= 11 is 5.48. The van der Waals surface area contributed by atoms with E-state index in [-0.39, 0.29) is 17.6 Å². The van der Waals surface area contributed by atoms with Crippen molar-refractivity contribution in [2.75, 3.05) is 11.6 Å². The summed E-state index contributed by atoms with van der Waals surface area (Å²) in [6, 6.07) is 1.26. The van der Waals surface area contributed by atoms with Crippen molar-refractivity contribution in [1.82, 2.24) is 4.98 Å². The van der Waals surface area contributed by atoms with Crippen LogP contribution in [0.4, 0.5) is 13.2 Å². The molecule has 102 valence electrons. The Labute approximate surface area is 108 Å². The maximum Gasteiger partial charge on any atom is 0.416 e. The van der Waals surface area contributed by atoms with Crippen LogP contribution in [-0.4, -0.2) is 25.0 Å². The van der Waals surface area contributed by atoms with E-state index in [1.807, 2.05) is 0 Å². The molecule has 3 nitrogen and oxygen atoms in total. The molecule has 1 unspecified atom stereocenters. The average Bonchev–Trinajstić information content (AvgIpc) is 2.27. The van der Waals surface area contributed by atoms with Gasteiger partial charge in [-0.2, -0.15) is 13.2 Å². The number of rotatable bonds is 4. The Morgan fingerprint density at radius 3 is 2.56 bits per heavy atom. The first-order valence-electron chi connectivity index (χ1n) is 4.99. The number of halogens is 4. The summed E-state index contributed by atoms with van der Waals surface area (Å²) in [6.07, 6.45) is -3.76. The van der Waals surface area contributed by atoms with Crippen molar-refractivity contribution in [3.63, 3.8) is 0 Å². The van der Waals surface area contributed by atoms with Gasteiger partial charge in [-0.15, -0.1) is 11.6 Å². The monoisotopic (exact) mass is 301 g/mol. The first-order chi connectivity index (χ1) is 8.16. The smallest absolute Gasteiger partial charge is 0.245 e. The van der Waals surface area contributed by atoms with E-state index in [1.165, 1.54) is 0 Å². The molecule has 1 rings (SSSR count). The molecule has 1 aromatic rings. The Morgan fingerprint density at radius 1 is 1.44 bits per heavy atom. The van der Waals surface area contributed by atoms with Gasteiger partial charge in [0.2, 0.25) is 0 Å². The van der Waals surface area contributed by atoms with Crippen LogP contribution in [0.3, 0.4) is 0 Å². The number of hydrogen-bond donors (Lipinski definition) is 0. The van der Waals surface area contributed by atoms with Crippen molar-refractivity contribution in [2.45, 2.75) is 18.1 Å². The van der Waals surface area contributed by atoms with Gasteiger partial charge in [0.15, 0.2) is 14.9 Å². The second-order valence-corrected chi connectivity index (χ2v) is 6.21. The maximum atomic E-state index is 12.4. The molecule has 0 spiro atoms. The van der Waals surface area contributed by atoms with E-state index in [1.54, 1.807) is 6.92 Å². The molecule has 0 fully saturated rings. The normalized spacial score (nSPS) is 14.5. The fourth-order valence-electron chi connectivity index (χ4n) is 1.26. The largest absolute Gasteiger partial charge is 0.416 e. The third-order valence-electron chi connectivity index (χ3n) is 2.15. The SMILES string of the molecule is CC(CCl)CS(=O)(=O)c1cc(C(F)(F)F)ccn1. The van der Waals surface area contributed by atoms with Gasteiger partial charge in [-0.1, -0.05) is 6.92 Å². The Kier molecular flexibility index (Phi) is 4.61. The summed E-state index contributed by atoms with van der Waals surface area (Å²) in [6.45, 7) is 1.60. The van der Waals surface area contributed by atoms with Crippen molar-refractivity contribution in [2.24, 2.45) is 5.92 Å². The molecule has 18 heavy (non-hydrogen) atoms. The van der Waals surface area contributed by atoms with Gasteiger partial charge in [-0.05, 0) is 18.1 Å². The summed E-state index contributed by atoms with van der Waals surface area (Å²) in [7, 11) is -3.85. The lowest BCUT2D eigenvalue weighted by molar-refractivity contribution is -0.137. The van der Waals surface area contributed by atoms with Crippen LogP contribution in [0, 0.1) is 5.92 Å². The van der Waals surface area contributed by atoms with E-state index in [0.717, 1.165) is 12.3 Å². The summed E-state index contributed by atoms with van der Waals surface area (Å²) in [5.41, 5.74) is -1.03. The van der Waals surface area contributed by atoms with Crippen LogP contribution < -0.4 is 0 Å². The Balaban J connectivity index is 3.11. The van der Waals surface area contributed by atoms with E-state index in [2.05, 4.69) is 4.98 Å². The highest BCUT2D eigenvalue weighted by atomic mass is 35.5. The molecule has 0 aliphatic heterocycles. The molecule has 0 aliphatic rings. The number of sulfone groups is 1. The zero-order valence-corrected chi connectivity index (χ0v) is 11.0. The van der Waals surface area contributed by atoms with Crippen LogP contribution in [0.5, 0.6) is 0 Å². The van der Waals surface area contributed by atoms with Crippen LogP contribution >= 0.6 is 11.6 Å². The second-order valence-electron chi connectivity index (χ2n) is 3.92. The van der Waals surface area contributed by atoms with Gasteiger partial charge >= 0.3 is 6.18 Å². The lowest BCUT2D eigenvalue weighted by Crippen LogP contribution is -2.17. The van der Waals surface area contributed by atoms with Crippen LogP contribution in [0.25, 0.3) is 0 Å². The summed E-state index contributed by atoms with van der Waals surface area (Å²) in [5, 5.41) is -0.575. The minimum Gasteiger partial charge on any atom is -0.245 e. The molecule has 8 heteroatoms. The predicted octanol–water partition coefficient (Wildman–Crippen LogP) is 2.75. The van der Waals surface area contributed by atoms with Gasteiger partial charge in [-0.3, -0.25) is 0 Å². The van der Waals surface area contributed by atoms with Crippen LogP contribution in [0.1, 0.15) is 12.5 Å². The number of aromatic nitrogens is 1. The van der Waals surface area contributed by atoms with Crippen molar-refractivity contribution < 1.29 is 21.6 Å². The molecule has 0 aromatic carbocycles. The Bertz CT molecular complexity index is 516. The molecule has 0 saturated carbocycles. The third kappa shape index (κ3) is 3.84. The van der Waals surface area contributed by atoms with Crippen molar-refractivity contribution in [3.8, 4) is 0 Å². The number of nitrogens with zero attached hydrogens (tertiary/aromatic N) is 1. The first kappa shape index (κ1) is 15.2. The van der Waals surface area contributed by atoms with Gasteiger partial charge in [0.1, 0.15) is 0 Å². The lowest BCUT2D eigenvalue weighted by atomic mass is 10.3. The molecule has 0 radical (unpaired) electrons. The fraction of sp³-hybridized carbons (Fsp3) is 0.500. The van der Waals surface area contributed by atoms with E-state index in [4.69, 9.17) is 11.6 Å². The van der Waals surface area contributed by atoms with Gasteiger partial charge < -0.3 is 0 Å². The summed E-state index contributed by atoms with van der Waals surface area (Å²) in [4.78, 5) is 3.48. The molecular weight excluding hydrogens is 291 g/mol. The molecule has 1 heterocycles. The molecule has 1 atom stereocenters. The molecule has 1 aromatic heterocycles.